The van der Waals surface area contributed by atoms with E-state index in [-0.39, 0.29) is 5.91 Å². The Balaban J connectivity index is 1.47. The van der Waals surface area contributed by atoms with E-state index in [1.165, 1.54) is 31.5 Å². The van der Waals surface area contributed by atoms with Crippen molar-refractivity contribution in [1.82, 2.24) is 15.5 Å². The van der Waals surface area contributed by atoms with E-state index in [2.05, 4.69) is 39.8 Å². The Kier molecular flexibility index (Phi) is 6.44. The van der Waals surface area contributed by atoms with Crippen molar-refractivity contribution in [2.24, 2.45) is 5.73 Å². The molecular weight excluding hydrogens is 340 g/mol. The van der Waals surface area contributed by atoms with Gasteiger partial charge in [0.15, 0.2) is 0 Å². The first-order valence-corrected chi connectivity index (χ1v) is 9.31. The van der Waals surface area contributed by atoms with Gasteiger partial charge in [-0.05, 0) is 54.8 Å². The summed E-state index contributed by atoms with van der Waals surface area (Å²) in [7, 11) is 0. The van der Waals surface area contributed by atoms with Crippen LogP contribution in [0, 0.1) is 0 Å². The molecule has 1 fully saturated rings. The smallest absolute Gasteiger partial charge is 0.312 e. The van der Waals surface area contributed by atoms with Crippen LogP contribution in [0.1, 0.15) is 39.9 Å². The van der Waals surface area contributed by atoms with Gasteiger partial charge in [0.2, 0.25) is 0 Å². The maximum Gasteiger partial charge on any atom is 0.312 e. The summed E-state index contributed by atoms with van der Waals surface area (Å²) in [6, 6.07) is 15.0. The summed E-state index contributed by atoms with van der Waals surface area (Å²) in [5.74, 6) is -0.120. The fraction of sp³-hybridized carbons (Fsp3) is 0.333. The highest BCUT2D eigenvalue weighted by molar-refractivity contribution is 5.94. The molecular formula is C21H26N4O2. The highest BCUT2D eigenvalue weighted by Gasteiger charge is 2.11. The van der Waals surface area contributed by atoms with Crippen LogP contribution in [0.5, 0.6) is 0 Å². The van der Waals surface area contributed by atoms with Crippen molar-refractivity contribution in [3.63, 3.8) is 0 Å². The first-order valence-electron chi connectivity index (χ1n) is 9.31. The Morgan fingerprint density at radius 1 is 0.815 bits per heavy atom. The van der Waals surface area contributed by atoms with Crippen LogP contribution in [0.15, 0.2) is 48.5 Å². The van der Waals surface area contributed by atoms with E-state index in [1.54, 1.807) is 24.3 Å². The second-order valence-electron chi connectivity index (χ2n) is 6.90. The fourth-order valence-electron chi connectivity index (χ4n) is 3.21. The van der Waals surface area contributed by atoms with Crippen LogP contribution in [0.4, 0.5) is 4.79 Å². The number of likely N-dealkylation sites (tertiary alicyclic amines) is 1. The van der Waals surface area contributed by atoms with E-state index in [0.717, 1.165) is 17.7 Å². The molecule has 6 nitrogen and oxygen atoms in total. The van der Waals surface area contributed by atoms with Crippen LogP contribution >= 0.6 is 0 Å². The monoisotopic (exact) mass is 366 g/mol. The molecule has 142 valence electrons. The number of rotatable bonds is 7. The molecule has 2 aromatic rings. The number of urea groups is 1. The Morgan fingerprint density at radius 3 is 1.93 bits per heavy atom. The number of nitrogens with one attached hydrogen (secondary N) is 2. The maximum atomic E-state index is 12.3. The van der Waals surface area contributed by atoms with Gasteiger partial charge in [-0.25, -0.2) is 4.79 Å². The summed E-state index contributed by atoms with van der Waals surface area (Å²) in [5.41, 5.74) is 8.91. The van der Waals surface area contributed by atoms with Gasteiger partial charge in [0, 0.05) is 25.2 Å². The molecule has 1 saturated heterocycles. The predicted octanol–water partition coefficient (Wildman–Crippen LogP) is 2.38. The summed E-state index contributed by atoms with van der Waals surface area (Å²) in [6.07, 6.45) is 2.60. The highest BCUT2D eigenvalue weighted by Crippen LogP contribution is 2.13. The van der Waals surface area contributed by atoms with Gasteiger partial charge >= 0.3 is 6.03 Å². The molecule has 0 saturated carbocycles. The van der Waals surface area contributed by atoms with Crippen molar-refractivity contribution in [3.8, 4) is 0 Å². The Hall–Kier alpha value is -2.86. The normalized spacial score (nSPS) is 14.1. The summed E-state index contributed by atoms with van der Waals surface area (Å²) in [5, 5.41) is 5.46. The lowest BCUT2D eigenvalue weighted by molar-refractivity contribution is 0.0951. The van der Waals surface area contributed by atoms with Crippen molar-refractivity contribution in [3.05, 3.63) is 70.8 Å². The minimum absolute atomic E-state index is 0.120. The fourth-order valence-corrected chi connectivity index (χ4v) is 3.21. The molecule has 27 heavy (non-hydrogen) atoms. The third kappa shape index (κ3) is 5.82. The van der Waals surface area contributed by atoms with E-state index in [0.29, 0.717) is 18.7 Å². The number of nitrogens with two attached hydrogens (primary N) is 1. The zero-order valence-corrected chi connectivity index (χ0v) is 15.4. The van der Waals surface area contributed by atoms with Crippen molar-refractivity contribution in [1.29, 1.82) is 0 Å². The SMILES string of the molecule is NC(=O)NCc1ccc(C(=O)NCc2ccc(CN3CCCC3)cc2)cc1. The van der Waals surface area contributed by atoms with Crippen LogP contribution < -0.4 is 16.4 Å². The first kappa shape index (κ1) is 18.9. The lowest BCUT2D eigenvalue weighted by Crippen LogP contribution is -2.28. The first-order chi connectivity index (χ1) is 13.1. The van der Waals surface area contributed by atoms with Crippen LogP contribution in [-0.4, -0.2) is 29.9 Å². The summed E-state index contributed by atoms with van der Waals surface area (Å²) in [4.78, 5) is 25.5. The number of hydrogen-bond acceptors (Lipinski definition) is 3. The Labute approximate surface area is 159 Å². The summed E-state index contributed by atoms with van der Waals surface area (Å²) < 4.78 is 0. The molecule has 4 N–H and O–H groups in total. The zero-order valence-electron chi connectivity index (χ0n) is 15.4. The topological polar surface area (TPSA) is 87.5 Å². The van der Waals surface area contributed by atoms with Crippen molar-refractivity contribution < 1.29 is 9.59 Å². The molecule has 0 aliphatic carbocycles. The molecule has 2 aromatic carbocycles. The predicted molar refractivity (Wildman–Crippen MR) is 105 cm³/mol. The lowest BCUT2D eigenvalue weighted by Gasteiger charge is -2.14. The van der Waals surface area contributed by atoms with Crippen LogP contribution in [0.3, 0.4) is 0 Å². The second-order valence-corrected chi connectivity index (χ2v) is 6.90. The molecule has 1 heterocycles. The third-order valence-electron chi connectivity index (χ3n) is 4.76. The second kappa shape index (κ2) is 9.19. The quantitative estimate of drug-likeness (QED) is 0.703. The van der Waals surface area contributed by atoms with Crippen LogP contribution in [0.2, 0.25) is 0 Å². The van der Waals surface area contributed by atoms with E-state index >= 15 is 0 Å². The van der Waals surface area contributed by atoms with E-state index in [9.17, 15) is 9.59 Å². The number of hydrogen-bond donors (Lipinski definition) is 3. The Morgan fingerprint density at radius 2 is 1.33 bits per heavy atom. The average Bonchev–Trinajstić information content (AvgIpc) is 3.19. The highest BCUT2D eigenvalue weighted by atomic mass is 16.2. The van der Waals surface area contributed by atoms with Crippen molar-refractivity contribution >= 4 is 11.9 Å². The van der Waals surface area contributed by atoms with Gasteiger partial charge < -0.3 is 16.4 Å². The zero-order chi connectivity index (χ0) is 19.1. The summed E-state index contributed by atoms with van der Waals surface area (Å²) >= 11 is 0. The standard InChI is InChI=1S/C21H26N4O2/c22-21(27)24-14-17-7-9-19(10-8-17)20(26)23-13-16-3-5-18(6-4-16)15-25-11-1-2-12-25/h3-10H,1-2,11-15H2,(H,23,26)(H3,22,24,27). The minimum atomic E-state index is -0.566. The number of nitrogens with zero attached hydrogens (tertiary/aromatic N) is 1. The average molecular weight is 366 g/mol. The number of primary amides is 1. The molecule has 0 bridgehead atoms. The van der Waals surface area contributed by atoms with E-state index in [1.807, 2.05) is 0 Å². The molecule has 3 amide bonds. The molecule has 0 aromatic heterocycles. The van der Waals surface area contributed by atoms with Gasteiger partial charge in [-0.2, -0.15) is 0 Å². The molecule has 3 rings (SSSR count). The number of carbonyl (C=O) groups is 2. The maximum absolute atomic E-state index is 12.3. The van der Waals surface area contributed by atoms with Gasteiger partial charge in [-0.1, -0.05) is 36.4 Å². The largest absolute Gasteiger partial charge is 0.352 e. The van der Waals surface area contributed by atoms with Gasteiger partial charge in [-0.15, -0.1) is 0 Å². The van der Waals surface area contributed by atoms with Crippen molar-refractivity contribution in [2.75, 3.05) is 13.1 Å². The lowest BCUT2D eigenvalue weighted by atomic mass is 10.1. The number of amides is 3. The molecule has 1 aliphatic heterocycles. The molecule has 6 heteroatoms. The van der Waals surface area contributed by atoms with Crippen LogP contribution in [0.25, 0.3) is 0 Å². The van der Waals surface area contributed by atoms with Gasteiger partial charge in [-0.3, -0.25) is 9.69 Å². The van der Waals surface area contributed by atoms with Gasteiger partial charge in [0.1, 0.15) is 0 Å². The molecule has 0 spiro atoms. The molecule has 1 aliphatic rings. The van der Waals surface area contributed by atoms with E-state index < -0.39 is 6.03 Å². The Bertz CT molecular complexity index is 766. The number of carbonyl (C=O) groups excluding carboxylic acids is 2. The van der Waals surface area contributed by atoms with Crippen molar-refractivity contribution in [2.45, 2.75) is 32.5 Å². The third-order valence-corrected chi connectivity index (χ3v) is 4.76. The molecule has 0 radical (unpaired) electrons. The minimum Gasteiger partial charge on any atom is -0.352 e. The van der Waals surface area contributed by atoms with Crippen LogP contribution in [-0.2, 0) is 19.6 Å². The van der Waals surface area contributed by atoms with E-state index in [4.69, 9.17) is 5.73 Å². The molecule has 0 atom stereocenters. The van der Waals surface area contributed by atoms with Gasteiger partial charge in [0.25, 0.3) is 5.91 Å². The number of benzene rings is 2. The summed E-state index contributed by atoms with van der Waals surface area (Å²) in [6.45, 7) is 4.22. The van der Waals surface area contributed by atoms with Gasteiger partial charge in [0.05, 0.1) is 0 Å². The molecule has 0 unspecified atom stereocenters.